The predicted molar refractivity (Wildman–Crippen MR) is 93.7 cm³/mol. The quantitative estimate of drug-likeness (QED) is 0.666. The molecule has 138 valence electrons. The zero-order chi connectivity index (χ0) is 18.9. The van der Waals surface area contributed by atoms with Crippen LogP contribution in [0.4, 0.5) is 13.2 Å². The highest BCUT2D eigenvalue weighted by molar-refractivity contribution is 7.12. The fourth-order valence-corrected chi connectivity index (χ4v) is 4.15. The Balaban J connectivity index is 1.76. The van der Waals surface area contributed by atoms with Crippen LogP contribution < -0.4 is 0 Å². The fourth-order valence-electron chi connectivity index (χ4n) is 3.05. The van der Waals surface area contributed by atoms with Crippen molar-refractivity contribution in [2.45, 2.75) is 19.0 Å². The van der Waals surface area contributed by atoms with Crippen molar-refractivity contribution in [1.82, 2.24) is 4.90 Å². The third kappa shape index (κ3) is 3.94. The molecular formula is C18H15ClF3NO2S. The Morgan fingerprint density at radius 3 is 2.65 bits per heavy atom. The minimum absolute atomic E-state index is 0.0216. The van der Waals surface area contributed by atoms with E-state index in [0.717, 1.165) is 12.1 Å². The van der Waals surface area contributed by atoms with E-state index in [2.05, 4.69) is 0 Å². The Labute approximate surface area is 157 Å². The van der Waals surface area contributed by atoms with Crippen LogP contribution in [-0.2, 0) is 6.18 Å². The van der Waals surface area contributed by atoms with Gasteiger partial charge in [0.1, 0.15) is 4.88 Å². The lowest BCUT2D eigenvalue weighted by atomic mass is 9.89. The molecule has 1 aliphatic heterocycles. The summed E-state index contributed by atoms with van der Waals surface area (Å²) in [6, 6.07) is 6.06. The Bertz CT molecular complexity index is 834. The van der Waals surface area contributed by atoms with Gasteiger partial charge in [-0.05, 0) is 36.4 Å². The Morgan fingerprint density at radius 2 is 2.00 bits per heavy atom. The average molecular weight is 402 g/mol. The van der Waals surface area contributed by atoms with Gasteiger partial charge in [-0.1, -0.05) is 23.7 Å². The van der Waals surface area contributed by atoms with Gasteiger partial charge in [-0.2, -0.15) is 13.2 Å². The number of likely N-dealkylation sites (tertiary alicyclic amines) is 1. The maximum Gasteiger partial charge on any atom is 0.416 e. The van der Waals surface area contributed by atoms with Crippen molar-refractivity contribution in [3.05, 3.63) is 56.7 Å². The molecule has 1 fully saturated rings. The molecule has 0 radical (unpaired) electrons. The SMILES string of the molecule is O=C(c1cccc(C(F)(F)F)c1)[C@H]1CCCN(C(=O)c2sccc2Cl)C1. The largest absolute Gasteiger partial charge is 0.416 e. The molecule has 3 nitrogen and oxygen atoms in total. The average Bonchev–Trinajstić information content (AvgIpc) is 3.06. The second kappa shape index (κ2) is 7.40. The molecule has 2 aromatic rings. The van der Waals surface area contributed by atoms with Crippen molar-refractivity contribution < 1.29 is 22.8 Å². The lowest BCUT2D eigenvalue weighted by molar-refractivity contribution is -0.137. The third-order valence-electron chi connectivity index (χ3n) is 4.37. The summed E-state index contributed by atoms with van der Waals surface area (Å²) in [5.41, 5.74) is -0.828. The van der Waals surface area contributed by atoms with Crippen molar-refractivity contribution in [1.29, 1.82) is 0 Å². The molecule has 1 aromatic heterocycles. The van der Waals surface area contributed by atoms with Crippen LogP contribution >= 0.6 is 22.9 Å². The van der Waals surface area contributed by atoms with Crippen LogP contribution in [0.25, 0.3) is 0 Å². The van der Waals surface area contributed by atoms with E-state index in [9.17, 15) is 22.8 Å². The monoisotopic (exact) mass is 401 g/mol. The molecule has 0 saturated carbocycles. The number of Topliss-reactive ketones (excluding diaryl/α,β-unsaturated/α-hetero) is 1. The second-order valence-electron chi connectivity index (χ2n) is 6.13. The number of hydrogen-bond acceptors (Lipinski definition) is 3. The van der Waals surface area contributed by atoms with Gasteiger partial charge in [-0.3, -0.25) is 9.59 Å². The molecule has 1 aromatic carbocycles. The number of ketones is 1. The highest BCUT2D eigenvalue weighted by atomic mass is 35.5. The standard InChI is InChI=1S/C18H15ClF3NO2S/c19-14-6-8-26-16(14)17(25)23-7-2-4-12(10-23)15(24)11-3-1-5-13(9-11)18(20,21)22/h1,3,5-6,8-9,12H,2,4,7,10H2/t12-/m0/s1. The number of alkyl halides is 3. The molecule has 0 spiro atoms. The molecule has 0 aliphatic carbocycles. The molecule has 0 unspecified atom stereocenters. The van der Waals surface area contributed by atoms with Gasteiger partial charge in [0.15, 0.2) is 5.78 Å². The number of hydrogen-bond donors (Lipinski definition) is 0. The molecule has 1 aliphatic rings. The lowest BCUT2D eigenvalue weighted by Crippen LogP contribution is -2.42. The number of piperidine rings is 1. The van der Waals surface area contributed by atoms with Crippen molar-refractivity contribution >= 4 is 34.6 Å². The van der Waals surface area contributed by atoms with E-state index < -0.39 is 17.7 Å². The van der Waals surface area contributed by atoms with E-state index in [1.54, 1.807) is 16.3 Å². The summed E-state index contributed by atoms with van der Waals surface area (Å²) in [7, 11) is 0. The fraction of sp³-hybridized carbons (Fsp3) is 0.333. The van der Waals surface area contributed by atoms with Gasteiger partial charge >= 0.3 is 6.18 Å². The van der Waals surface area contributed by atoms with Gasteiger partial charge in [-0.15, -0.1) is 11.3 Å². The first kappa shape index (κ1) is 18.9. The van der Waals surface area contributed by atoms with E-state index in [0.29, 0.717) is 29.3 Å². The molecule has 26 heavy (non-hydrogen) atoms. The predicted octanol–water partition coefficient (Wildman–Crippen LogP) is 5.16. The summed E-state index contributed by atoms with van der Waals surface area (Å²) in [5, 5.41) is 2.08. The highest BCUT2D eigenvalue weighted by Crippen LogP contribution is 2.31. The number of halogens is 4. The summed E-state index contributed by atoms with van der Waals surface area (Å²) in [6.45, 7) is 0.682. The topological polar surface area (TPSA) is 37.4 Å². The van der Waals surface area contributed by atoms with Crippen molar-refractivity contribution in [2.24, 2.45) is 5.92 Å². The van der Waals surface area contributed by atoms with E-state index in [1.165, 1.54) is 23.5 Å². The number of carbonyl (C=O) groups is 2. The van der Waals surface area contributed by atoms with E-state index in [1.807, 2.05) is 0 Å². The van der Waals surface area contributed by atoms with Crippen LogP contribution in [0.5, 0.6) is 0 Å². The van der Waals surface area contributed by atoms with Gasteiger partial charge in [-0.25, -0.2) is 0 Å². The summed E-state index contributed by atoms with van der Waals surface area (Å²) in [4.78, 5) is 27.2. The molecular weight excluding hydrogens is 387 g/mol. The van der Waals surface area contributed by atoms with Crippen LogP contribution in [-0.4, -0.2) is 29.7 Å². The Kier molecular flexibility index (Phi) is 5.39. The smallest absolute Gasteiger partial charge is 0.337 e. The van der Waals surface area contributed by atoms with Gasteiger partial charge in [0.05, 0.1) is 10.6 Å². The first-order chi connectivity index (χ1) is 12.3. The minimum Gasteiger partial charge on any atom is -0.337 e. The maximum absolute atomic E-state index is 12.9. The van der Waals surface area contributed by atoms with Crippen LogP contribution in [0, 0.1) is 5.92 Å². The number of nitrogens with zero attached hydrogens (tertiary/aromatic N) is 1. The molecule has 2 heterocycles. The summed E-state index contributed by atoms with van der Waals surface area (Å²) in [5.74, 6) is -1.13. The van der Waals surface area contributed by atoms with Crippen LogP contribution in [0.15, 0.2) is 35.7 Å². The van der Waals surface area contributed by atoms with Crippen LogP contribution in [0.3, 0.4) is 0 Å². The van der Waals surface area contributed by atoms with Crippen molar-refractivity contribution in [3.63, 3.8) is 0 Å². The maximum atomic E-state index is 12.9. The molecule has 0 N–H and O–H groups in total. The first-order valence-electron chi connectivity index (χ1n) is 8.01. The zero-order valence-corrected chi connectivity index (χ0v) is 15.1. The Morgan fingerprint density at radius 1 is 1.23 bits per heavy atom. The number of rotatable bonds is 3. The van der Waals surface area contributed by atoms with Gasteiger partial charge in [0.25, 0.3) is 5.91 Å². The van der Waals surface area contributed by atoms with Gasteiger partial charge in [0, 0.05) is 24.6 Å². The molecule has 8 heteroatoms. The zero-order valence-electron chi connectivity index (χ0n) is 13.6. The number of thiophene rings is 1. The summed E-state index contributed by atoms with van der Waals surface area (Å²) in [6.07, 6.45) is -3.35. The molecule has 1 amide bonds. The third-order valence-corrected chi connectivity index (χ3v) is 5.69. The van der Waals surface area contributed by atoms with E-state index >= 15 is 0 Å². The molecule has 1 atom stereocenters. The second-order valence-corrected chi connectivity index (χ2v) is 7.45. The number of carbonyl (C=O) groups excluding carboxylic acids is 2. The number of amides is 1. The van der Waals surface area contributed by atoms with Crippen molar-refractivity contribution in [2.75, 3.05) is 13.1 Å². The van der Waals surface area contributed by atoms with Crippen LogP contribution in [0.1, 0.15) is 38.4 Å². The van der Waals surface area contributed by atoms with Crippen LogP contribution in [0.2, 0.25) is 5.02 Å². The van der Waals surface area contributed by atoms with Crippen molar-refractivity contribution in [3.8, 4) is 0 Å². The normalized spacial score (nSPS) is 18.0. The lowest BCUT2D eigenvalue weighted by Gasteiger charge is -2.32. The number of benzene rings is 1. The molecule has 1 saturated heterocycles. The van der Waals surface area contributed by atoms with E-state index in [-0.39, 0.29) is 23.8 Å². The highest BCUT2D eigenvalue weighted by Gasteiger charge is 2.33. The molecule has 0 bridgehead atoms. The minimum atomic E-state index is -4.50. The van der Waals surface area contributed by atoms with Gasteiger partial charge in [0.2, 0.25) is 0 Å². The summed E-state index contributed by atoms with van der Waals surface area (Å²) < 4.78 is 38.6. The molecule has 3 rings (SSSR count). The first-order valence-corrected chi connectivity index (χ1v) is 9.27. The van der Waals surface area contributed by atoms with Gasteiger partial charge < -0.3 is 4.90 Å². The Hall–Kier alpha value is -1.86. The summed E-state index contributed by atoms with van der Waals surface area (Å²) >= 11 is 7.23. The van der Waals surface area contributed by atoms with E-state index in [4.69, 9.17) is 11.6 Å².